The van der Waals surface area contributed by atoms with Crippen LogP contribution >= 0.6 is 11.3 Å². The van der Waals surface area contributed by atoms with Crippen LogP contribution in [0.1, 0.15) is 12.8 Å². The van der Waals surface area contributed by atoms with E-state index in [1.165, 1.54) is 0 Å². The van der Waals surface area contributed by atoms with E-state index in [0.29, 0.717) is 44.0 Å². The second-order valence-electron chi connectivity index (χ2n) is 8.73. The van der Waals surface area contributed by atoms with Crippen LogP contribution in [-0.2, 0) is 4.74 Å². The fraction of sp³-hybridized carbons (Fsp3) is 0.545. The van der Waals surface area contributed by atoms with Crippen molar-refractivity contribution in [2.75, 3.05) is 68.2 Å². The van der Waals surface area contributed by atoms with Crippen molar-refractivity contribution in [1.82, 2.24) is 19.9 Å². The van der Waals surface area contributed by atoms with Crippen molar-refractivity contribution in [2.45, 2.75) is 19.0 Å². The highest BCUT2D eigenvalue weighted by molar-refractivity contribution is 7.22. The Morgan fingerprint density at radius 1 is 0.941 bits per heavy atom. The minimum atomic E-state index is -4.16. The van der Waals surface area contributed by atoms with E-state index in [1.807, 2.05) is 47.0 Å². The molecular weight excluding hydrogens is 467 g/mol. The first-order valence-electron chi connectivity index (χ1n) is 11.3. The quantitative estimate of drug-likeness (QED) is 0.543. The fourth-order valence-electron chi connectivity index (χ4n) is 4.18. The highest BCUT2D eigenvalue weighted by Crippen LogP contribution is 2.36. The summed E-state index contributed by atoms with van der Waals surface area (Å²) in [6.45, 7) is 2.98. The number of aromatic nitrogens is 4. The smallest absolute Gasteiger partial charge is 0.378 e. The number of rotatable bonds is 4. The average Bonchev–Trinajstić information content (AvgIpc) is 3.28. The van der Waals surface area contributed by atoms with Crippen molar-refractivity contribution in [1.29, 1.82) is 0 Å². The third kappa shape index (κ3) is 4.74. The number of alkyl halides is 3. The van der Waals surface area contributed by atoms with Gasteiger partial charge in [-0.05, 0) is 31.0 Å². The molecule has 1 aromatic carbocycles. The van der Waals surface area contributed by atoms with Crippen LogP contribution in [0.2, 0.25) is 0 Å². The van der Waals surface area contributed by atoms with Gasteiger partial charge in [-0.1, -0.05) is 11.3 Å². The Hall–Kier alpha value is -2.73. The molecule has 0 radical (unpaired) electrons. The van der Waals surface area contributed by atoms with Gasteiger partial charge >= 0.3 is 6.18 Å². The predicted molar refractivity (Wildman–Crippen MR) is 127 cm³/mol. The van der Waals surface area contributed by atoms with Crippen molar-refractivity contribution < 1.29 is 17.9 Å². The molecule has 5 rings (SSSR count). The molecule has 0 aliphatic carbocycles. The molecule has 0 spiro atoms. The van der Waals surface area contributed by atoms with Crippen molar-refractivity contribution in [3.05, 3.63) is 18.2 Å². The first-order chi connectivity index (χ1) is 16.3. The van der Waals surface area contributed by atoms with Crippen LogP contribution in [0, 0.1) is 5.92 Å². The molecule has 12 heteroatoms. The lowest BCUT2D eigenvalue weighted by Crippen LogP contribution is -2.41. The zero-order valence-electron chi connectivity index (χ0n) is 19.0. The summed E-state index contributed by atoms with van der Waals surface area (Å²) in [5.41, 5.74) is 1.72. The molecule has 3 aromatic rings. The van der Waals surface area contributed by atoms with Crippen molar-refractivity contribution in [3.8, 4) is 11.4 Å². The van der Waals surface area contributed by atoms with Gasteiger partial charge in [0.15, 0.2) is 11.0 Å². The van der Waals surface area contributed by atoms with Crippen LogP contribution in [0.3, 0.4) is 0 Å². The summed E-state index contributed by atoms with van der Waals surface area (Å²) in [6.07, 6.45) is -4.08. The average molecular weight is 494 g/mol. The summed E-state index contributed by atoms with van der Waals surface area (Å²) < 4.78 is 45.9. The summed E-state index contributed by atoms with van der Waals surface area (Å²) in [4.78, 5) is 24.6. The van der Waals surface area contributed by atoms with E-state index >= 15 is 0 Å². The number of anilines is 3. The van der Waals surface area contributed by atoms with Gasteiger partial charge in [0.05, 0.1) is 29.3 Å². The van der Waals surface area contributed by atoms with Gasteiger partial charge in [0.25, 0.3) is 0 Å². The highest BCUT2D eigenvalue weighted by Gasteiger charge is 2.41. The van der Waals surface area contributed by atoms with Crippen LogP contribution in [-0.4, -0.2) is 79.6 Å². The molecule has 2 aliphatic rings. The molecule has 8 nitrogen and oxygen atoms in total. The van der Waals surface area contributed by atoms with Gasteiger partial charge in [0.2, 0.25) is 11.9 Å². The number of morpholine rings is 1. The highest BCUT2D eigenvalue weighted by atomic mass is 32.1. The normalized spacial score (nSPS) is 18.0. The van der Waals surface area contributed by atoms with Crippen molar-refractivity contribution >= 4 is 38.6 Å². The number of fused-ring (bicyclic) bond motifs is 1. The zero-order valence-corrected chi connectivity index (χ0v) is 19.9. The lowest BCUT2D eigenvalue weighted by molar-refractivity contribution is -0.179. The van der Waals surface area contributed by atoms with E-state index in [-0.39, 0.29) is 25.9 Å². The standard InChI is InChI=1S/C22H26F3N7OS/c1-30(2)21-26-16-4-3-14(13-17(16)34-21)18-27-19(29-20(28-18)32-9-11-33-12-10-32)31-7-5-15(6-8-31)22(23,24)25/h3-4,13,15H,5-12H2,1-2H3. The second kappa shape index (κ2) is 9.14. The van der Waals surface area contributed by atoms with E-state index in [9.17, 15) is 13.2 Å². The first-order valence-corrected chi connectivity index (χ1v) is 12.1. The SMILES string of the molecule is CN(C)c1nc2ccc(-c3nc(N4CCOCC4)nc(N4CCC(C(F)(F)F)CC4)n3)cc2s1. The van der Waals surface area contributed by atoms with E-state index in [2.05, 4.69) is 9.97 Å². The Bertz CT molecular complexity index is 1160. The number of piperidine rings is 1. The lowest BCUT2D eigenvalue weighted by Gasteiger charge is -2.33. The van der Waals surface area contributed by atoms with E-state index in [0.717, 1.165) is 20.9 Å². The van der Waals surface area contributed by atoms with E-state index in [1.54, 1.807) is 11.3 Å². The predicted octanol–water partition coefficient (Wildman–Crippen LogP) is 3.83. The summed E-state index contributed by atoms with van der Waals surface area (Å²) >= 11 is 1.58. The van der Waals surface area contributed by atoms with Crippen molar-refractivity contribution in [2.24, 2.45) is 5.92 Å². The van der Waals surface area contributed by atoms with Gasteiger partial charge in [-0.25, -0.2) is 4.98 Å². The molecule has 2 aliphatic heterocycles. The van der Waals surface area contributed by atoms with Crippen LogP contribution < -0.4 is 14.7 Å². The molecule has 0 N–H and O–H groups in total. The molecule has 0 amide bonds. The zero-order chi connectivity index (χ0) is 23.9. The van der Waals surface area contributed by atoms with Crippen molar-refractivity contribution in [3.63, 3.8) is 0 Å². The number of thiazole rings is 1. The summed E-state index contributed by atoms with van der Waals surface area (Å²) in [7, 11) is 3.90. The van der Waals surface area contributed by atoms with Crippen LogP contribution in [0.4, 0.5) is 30.2 Å². The molecule has 2 saturated heterocycles. The monoisotopic (exact) mass is 493 g/mol. The van der Waals surface area contributed by atoms with Crippen LogP contribution in [0.15, 0.2) is 18.2 Å². The third-order valence-electron chi connectivity index (χ3n) is 6.16. The first kappa shape index (κ1) is 23.0. The Morgan fingerprint density at radius 2 is 1.59 bits per heavy atom. The molecule has 0 saturated carbocycles. The van der Waals surface area contributed by atoms with Crippen LogP contribution in [0.25, 0.3) is 21.6 Å². The Morgan fingerprint density at radius 3 is 2.21 bits per heavy atom. The maximum atomic E-state index is 13.2. The van der Waals surface area contributed by atoms with E-state index in [4.69, 9.17) is 14.7 Å². The lowest BCUT2D eigenvalue weighted by atomic mass is 9.96. The number of nitrogens with zero attached hydrogens (tertiary/aromatic N) is 7. The maximum Gasteiger partial charge on any atom is 0.391 e. The van der Waals surface area contributed by atoms with Gasteiger partial charge in [-0.3, -0.25) is 0 Å². The topological polar surface area (TPSA) is 70.5 Å². The maximum absolute atomic E-state index is 13.2. The number of benzene rings is 1. The van der Waals surface area contributed by atoms with Gasteiger partial charge < -0.3 is 19.4 Å². The Labute approximate surface area is 199 Å². The van der Waals surface area contributed by atoms with Gasteiger partial charge in [-0.15, -0.1) is 0 Å². The molecule has 2 fully saturated rings. The van der Waals surface area contributed by atoms with E-state index < -0.39 is 12.1 Å². The molecule has 34 heavy (non-hydrogen) atoms. The molecule has 0 atom stereocenters. The second-order valence-corrected chi connectivity index (χ2v) is 9.74. The Kier molecular flexibility index (Phi) is 6.19. The number of hydrogen-bond acceptors (Lipinski definition) is 9. The van der Waals surface area contributed by atoms with Gasteiger partial charge in [0.1, 0.15) is 0 Å². The molecule has 4 heterocycles. The number of hydrogen-bond donors (Lipinski definition) is 0. The largest absolute Gasteiger partial charge is 0.391 e. The van der Waals surface area contributed by atoms with Gasteiger partial charge in [0, 0.05) is 45.8 Å². The Balaban J connectivity index is 1.50. The minimum Gasteiger partial charge on any atom is -0.378 e. The van der Waals surface area contributed by atoms with Gasteiger partial charge in [-0.2, -0.15) is 28.1 Å². The van der Waals surface area contributed by atoms with Crippen LogP contribution in [0.5, 0.6) is 0 Å². The molecule has 0 unspecified atom stereocenters. The molecule has 182 valence electrons. The summed E-state index contributed by atoms with van der Waals surface area (Å²) in [5, 5.41) is 0.907. The fourth-order valence-corrected chi connectivity index (χ4v) is 5.11. The number of ether oxygens (including phenoxy) is 1. The summed E-state index contributed by atoms with van der Waals surface area (Å²) in [6, 6.07) is 5.89. The molecular formula is C22H26F3N7OS. The third-order valence-corrected chi connectivity index (χ3v) is 7.35. The molecule has 0 bridgehead atoms. The number of halogens is 3. The minimum absolute atomic E-state index is 0.0392. The summed E-state index contributed by atoms with van der Waals surface area (Å²) in [5.74, 6) is 0.180. The molecule has 2 aromatic heterocycles.